The molecule has 0 saturated carbocycles. The number of aromatic nitrogens is 3. The minimum Gasteiger partial charge on any atom is -0.436 e. The Labute approximate surface area is 279 Å². The SMILES string of the molecule is Cc1ccc2oc(-c3ccc(N(c4ccc(-c5nc6ccccc6s5)cc4)c4ccc(-c5nc6ccccc6s5)cc4)cc3)nc2c1. The number of fused-ring (bicyclic) bond motifs is 3. The summed E-state index contributed by atoms with van der Waals surface area (Å²) in [4.78, 5) is 16.8. The summed E-state index contributed by atoms with van der Waals surface area (Å²) in [5, 5.41) is 2.03. The maximum Gasteiger partial charge on any atom is 0.227 e. The number of hydrogen-bond acceptors (Lipinski definition) is 7. The zero-order valence-electron chi connectivity index (χ0n) is 25.3. The van der Waals surface area contributed by atoms with Crippen LogP contribution in [0.2, 0.25) is 0 Å². The van der Waals surface area contributed by atoms with Gasteiger partial charge in [0.05, 0.1) is 20.4 Å². The second-order valence-electron chi connectivity index (χ2n) is 11.4. The number of anilines is 3. The van der Waals surface area contributed by atoms with Crippen molar-refractivity contribution in [3.63, 3.8) is 0 Å². The van der Waals surface area contributed by atoms with Crippen LogP contribution in [0.5, 0.6) is 0 Å². The normalized spacial score (nSPS) is 11.5. The van der Waals surface area contributed by atoms with Crippen molar-refractivity contribution in [1.82, 2.24) is 15.0 Å². The molecule has 0 aliphatic heterocycles. The van der Waals surface area contributed by atoms with Crippen molar-refractivity contribution >= 4 is 71.3 Å². The maximum absolute atomic E-state index is 6.10. The smallest absolute Gasteiger partial charge is 0.227 e. The molecule has 3 aromatic heterocycles. The molecular formula is C40H26N4OS2. The van der Waals surface area contributed by atoms with Crippen LogP contribution in [0.15, 0.2) is 144 Å². The molecule has 0 bridgehead atoms. The number of rotatable bonds is 6. The fourth-order valence-electron chi connectivity index (χ4n) is 5.86. The van der Waals surface area contributed by atoms with E-state index in [1.807, 2.05) is 24.3 Å². The summed E-state index contributed by atoms with van der Waals surface area (Å²) >= 11 is 3.43. The minimum atomic E-state index is 0.615. The molecule has 7 heteroatoms. The lowest BCUT2D eigenvalue weighted by molar-refractivity contribution is 0.620. The fraction of sp³-hybridized carbons (Fsp3) is 0.0250. The van der Waals surface area contributed by atoms with Gasteiger partial charge >= 0.3 is 0 Å². The van der Waals surface area contributed by atoms with E-state index in [1.165, 1.54) is 9.40 Å². The number of benzene rings is 6. The quantitative estimate of drug-likeness (QED) is 0.181. The summed E-state index contributed by atoms with van der Waals surface area (Å²) in [6.45, 7) is 2.06. The van der Waals surface area contributed by atoms with Gasteiger partial charge in [-0.15, -0.1) is 22.7 Å². The van der Waals surface area contributed by atoms with Gasteiger partial charge < -0.3 is 9.32 Å². The lowest BCUT2D eigenvalue weighted by Gasteiger charge is -2.26. The molecule has 0 N–H and O–H groups in total. The molecule has 0 spiro atoms. The summed E-state index contributed by atoms with van der Waals surface area (Å²) in [7, 11) is 0. The average molecular weight is 643 g/mol. The Balaban J connectivity index is 1.09. The summed E-state index contributed by atoms with van der Waals surface area (Å²) in [6.07, 6.45) is 0. The molecule has 6 aromatic carbocycles. The van der Waals surface area contributed by atoms with Crippen molar-refractivity contribution in [2.24, 2.45) is 0 Å². The van der Waals surface area contributed by atoms with E-state index < -0.39 is 0 Å². The number of para-hydroxylation sites is 2. The van der Waals surface area contributed by atoms with Gasteiger partial charge in [0.2, 0.25) is 5.89 Å². The first-order chi connectivity index (χ1) is 23.1. The Hall–Kier alpha value is -5.63. The van der Waals surface area contributed by atoms with Gasteiger partial charge in [-0.1, -0.05) is 30.3 Å². The Morgan fingerprint density at radius 2 is 0.979 bits per heavy atom. The van der Waals surface area contributed by atoms with E-state index in [4.69, 9.17) is 19.4 Å². The highest BCUT2D eigenvalue weighted by Crippen LogP contribution is 2.39. The molecule has 47 heavy (non-hydrogen) atoms. The van der Waals surface area contributed by atoms with Crippen LogP contribution in [0, 0.1) is 6.92 Å². The molecular weight excluding hydrogens is 617 g/mol. The fourth-order valence-corrected chi connectivity index (χ4v) is 7.80. The van der Waals surface area contributed by atoms with Crippen LogP contribution in [0.25, 0.3) is 64.1 Å². The van der Waals surface area contributed by atoms with E-state index in [0.29, 0.717) is 5.89 Å². The van der Waals surface area contributed by atoms with E-state index in [1.54, 1.807) is 22.7 Å². The molecule has 3 heterocycles. The Morgan fingerprint density at radius 3 is 1.49 bits per heavy atom. The highest BCUT2D eigenvalue weighted by molar-refractivity contribution is 7.22. The molecule has 9 rings (SSSR count). The number of nitrogens with zero attached hydrogens (tertiary/aromatic N) is 4. The van der Waals surface area contributed by atoms with Crippen molar-refractivity contribution in [2.75, 3.05) is 4.90 Å². The first-order valence-corrected chi connectivity index (χ1v) is 17.0. The zero-order chi connectivity index (χ0) is 31.3. The molecule has 0 saturated heterocycles. The van der Waals surface area contributed by atoms with Crippen molar-refractivity contribution in [3.05, 3.63) is 145 Å². The third kappa shape index (κ3) is 5.16. The average Bonchev–Trinajstić information content (AvgIpc) is 3.86. The van der Waals surface area contributed by atoms with Gasteiger partial charge in [-0.05, 0) is 122 Å². The molecule has 0 aliphatic rings. The standard InChI is InChI=1S/C40H26N4OS2/c1-25-10-23-35-34(24-25)41-38(45-35)26-11-17-29(18-12-26)44(30-19-13-27(14-20-30)39-42-32-6-2-4-8-36(32)46-39)31-21-15-28(16-22-31)40-43-33-7-3-5-9-37(33)47-40/h2-24H,1H3. The van der Waals surface area contributed by atoms with Gasteiger partial charge in [-0.3, -0.25) is 0 Å². The molecule has 224 valence electrons. The largest absolute Gasteiger partial charge is 0.436 e. The first-order valence-electron chi connectivity index (χ1n) is 15.3. The van der Waals surface area contributed by atoms with E-state index >= 15 is 0 Å². The van der Waals surface area contributed by atoms with Crippen molar-refractivity contribution in [3.8, 4) is 32.6 Å². The molecule has 9 aromatic rings. The van der Waals surface area contributed by atoms with Crippen molar-refractivity contribution < 1.29 is 4.42 Å². The highest BCUT2D eigenvalue weighted by atomic mass is 32.1. The molecule has 0 radical (unpaired) electrons. The Morgan fingerprint density at radius 1 is 0.489 bits per heavy atom. The zero-order valence-corrected chi connectivity index (χ0v) is 26.9. The molecule has 0 atom stereocenters. The van der Waals surface area contributed by atoms with Gasteiger partial charge in [0.15, 0.2) is 5.58 Å². The second-order valence-corrected chi connectivity index (χ2v) is 13.5. The van der Waals surface area contributed by atoms with Gasteiger partial charge in [0.25, 0.3) is 0 Å². The summed E-state index contributed by atoms with van der Waals surface area (Å²) in [5.41, 5.74) is 11.1. The minimum absolute atomic E-state index is 0.615. The van der Waals surface area contributed by atoms with Gasteiger partial charge in [-0.2, -0.15) is 0 Å². The van der Waals surface area contributed by atoms with Gasteiger partial charge in [0, 0.05) is 33.8 Å². The number of aryl methyl sites for hydroxylation is 1. The number of hydrogen-bond donors (Lipinski definition) is 0. The van der Waals surface area contributed by atoms with Crippen LogP contribution < -0.4 is 4.90 Å². The Bertz CT molecular complexity index is 2340. The number of oxazole rings is 1. The van der Waals surface area contributed by atoms with Crippen LogP contribution in [0.3, 0.4) is 0 Å². The monoisotopic (exact) mass is 642 g/mol. The lowest BCUT2D eigenvalue weighted by atomic mass is 10.1. The predicted octanol–water partition coefficient (Wildman–Crippen LogP) is 11.8. The van der Waals surface area contributed by atoms with Crippen LogP contribution in [-0.4, -0.2) is 15.0 Å². The third-order valence-corrected chi connectivity index (χ3v) is 10.4. The predicted molar refractivity (Wildman–Crippen MR) is 196 cm³/mol. The summed E-state index contributed by atoms with van der Waals surface area (Å²) in [5.74, 6) is 0.615. The van der Waals surface area contributed by atoms with E-state index in [-0.39, 0.29) is 0 Å². The Kier molecular flexibility index (Phi) is 6.66. The van der Waals surface area contributed by atoms with E-state index in [0.717, 1.165) is 71.5 Å². The molecule has 0 aliphatic carbocycles. The second kappa shape index (κ2) is 11.3. The van der Waals surface area contributed by atoms with Crippen molar-refractivity contribution in [1.29, 1.82) is 0 Å². The van der Waals surface area contributed by atoms with E-state index in [9.17, 15) is 0 Å². The van der Waals surface area contributed by atoms with Crippen molar-refractivity contribution in [2.45, 2.75) is 6.92 Å². The van der Waals surface area contributed by atoms with Gasteiger partial charge in [0.1, 0.15) is 15.5 Å². The van der Waals surface area contributed by atoms with Crippen LogP contribution in [-0.2, 0) is 0 Å². The molecule has 0 amide bonds. The summed E-state index contributed by atoms with van der Waals surface area (Å²) in [6, 6.07) is 48.3. The highest BCUT2D eigenvalue weighted by Gasteiger charge is 2.16. The first kappa shape index (κ1) is 27.7. The maximum atomic E-state index is 6.10. The molecule has 5 nitrogen and oxygen atoms in total. The van der Waals surface area contributed by atoms with Crippen LogP contribution in [0.1, 0.15) is 5.56 Å². The van der Waals surface area contributed by atoms with Crippen LogP contribution in [0.4, 0.5) is 17.1 Å². The number of thiazole rings is 2. The van der Waals surface area contributed by atoms with E-state index in [2.05, 4.69) is 127 Å². The summed E-state index contributed by atoms with van der Waals surface area (Å²) < 4.78 is 8.48. The van der Waals surface area contributed by atoms with Crippen LogP contribution >= 0.6 is 22.7 Å². The third-order valence-electron chi connectivity index (χ3n) is 8.25. The molecule has 0 unspecified atom stereocenters. The van der Waals surface area contributed by atoms with Gasteiger partial charge in [-0.25, -0.2) is 15.0 Å². The molecule has 0 fully saturated rings. The lowest BCUT2D eigenvalue weighted by Crippen LogP contribution is -2.09. The topological polar surface area (TPSA) is 55.1 Å².